The molecular formula is C23H29N5. The number of hydrogen-bond donors (Lipinski definition) is 2. The van der Waals surface area contributed by atoms with Crippen molar-refractivity contribution < 1.29 is 0 Å². The fourth-order valence-corrected chi connectivity index (χ4v) is 3.19. The van der Waals surface area contributed by atoms with Crippen LogP contribution in [-0.2, 0) is 6.42 Å². The molecule has 2 N–H and O–H groups in total. The second-order valence-electron chi connectivity index (χ2n) is 6.72. The Labute approximate surface area is 167 Å². The maximum atomic E-state index is 4.59. The molecule has 146 valence electrons. The third kappa shape index (κ3) is 5.22. The SMILES string of the molecule is CCN(CC)c1ccc(Nc2ccnc(NCCc3ccccc3)n2)c(C)c1. The first kappa shape index (κ1) is 19.7. The van der Waals surface area contributed by atoms with Gasteiger partial charge in [0, 0.05) is 37.2 Å². The molecule has 5 heteroatoms. The van der Waals surface area contributed by atoms with Gasteiger partial charge in [0.1, 0.15) is 5.82 Å². The summed E-state index contributed by atoms with van der Waals surface area (Å²) in [5.74, 6) is 1.43. The van der Waals surface area contributed by atoms with E-state index in [9.17, 15) is 0 Å². The molecule has 28 heavy (non-hydrogen) atoms. The molecular weight excluding hydrogens is 346 g/mol. The molecule has 2 aromatic carbocycles. The summed E-state index contributed by atoms with van der Waals surface area (Å²) >= 11 is 0. The van der Waals surface area contributed by atoms with Gasteiger partial charge in [0.2, 0.25) is 5.95 Å². The van der Waals surface area contributed by atoms with Crippen LogP contribution in [0.1, 0.15) is 25.0 Å². The summed E-state index contributed by atoms with van der Waals surface area (Å²) in [7, 11) is 0. The summed E-state index contributed by atoms with van der Waals surface area (Å²) in [6.07, 6.45) is 2.72. The van der Waals surface area contributed by atoms with Crippen molar-refractivity contribution in [2.75, 3.05) is 35.2 Å². The van der Waals surface area contributed by atoms with Crippen LogP contribution < -0.4 is 15.5 Å². The minimum Gasteiger partial charge on any atom is -0.372 e. The van der Waals surface area contributed by atoms with Gasteiger partial charge in [0.05, 0.1) is 0 Å². The smallest absolute Gasteiger partial charge is 0.224 e. The lowest BCUT2D eigenvalue weighted by molar-refractivity contribution is 0.866. The summed E-state index contributed by atoms with van der Waals surface area (Å²) in [6.45, 7) is 9.29. The Morgan fingerprint density at radius 2 is 1.75 bits per heavy atom. The van der Waals surface area contributed by atoms with Crippen LogP contribution in [0.15, 0.2) is 60.8 Å². The molecule has 1 heterocycles. The number of aromatic nitrogens is 2. The third-order valence-corrected chi connectivity index (χ3v) is 4.80. The quantitative estimate of drug-likeness (QED) is 0.549. The molecule has 0 saturated heterocycles. The number of rotatable bonds is 9. The maximum absolute atomic E-state index is 4.59. The normalized spacial score (nSPS) is 10.5. The maximum Gasteiger partial charge on any atom is 0.224 e. The minimum absolute atomic E-state index is 0.637. The summed E-state index contributed by atoms with van der Waals surface area (Å²) in [6, 6.07) is 18.8. The molecule has 3 aromatic rings. The minimum atomic E-state index is 0.637. The Balaban J connectivity index is 1.62. The lowest BCUT2D eigenvalue weighted by Gasteiger charge is -2.22. The van der Waals surface area contributed by atoms with E-state index in [1.807, 2.05) is 12.1 Å². The van der Waals surface area contributed by atoms with Gasteiger partial charge in [-0.3, -0.25) is 0 Å². The van der Waals surface area contributed by atoms with Crippen molar-refractivity contribution in [3.05, 3.63) is 71.9 Å². The molecule has 0 aliphatic rings. The van der Waals surface area contributed by atoms with Crippen molar-refractivity contribution in [2.45, 2.75) is 27.2 Å². The molecule has 0 amide bonds. The topological polar surface area (TPSA) is 53.1 Å². The Bertz CT molecular complexity index is 875. The first-order chi connectivity index (χ1) is 13.7. The number of anilines is 4. The zero-order chi connectivity index (χ0) is 19.8. The first-order valence-electron chi connectivity index (χ1n) is 9.93. The second kappa shape index (κ2) is 9.74. The monoisotopic (exact) mass is 375 g/mol. The molecule has 0 unspecified atom stereocenters. The molecule has 0 aliphatic carbocycles. The molecule has 1 aromatic heterocycles. The number of aryl methyl sites for hydroxylation is 1. The summed E-state index contributed by atoms with van der Waals surface area (Å²) < 4.78 is 0. The Hall–Kier alpha value is -3.08. The summed E-state index contributed by atoms with van der Waals surface area (Å²) in [5, 5.41) is 6.72. The van der Waals surface area contributed by atoms with E-state index in [0.717, 1.165) is 37.6 Å². The van der Waals surface area contributed by atoms with Crippen LogP contribution in [0.25, 0.3) is 0 Å². The van der Waals surface area contributed by atoms with Gasteiger partial charge in [-0.25, -0.2) is 4.98 Å². The van der Waals surface area contributed by atoms with Crippen molar-refractivity contribution in [3.63, 3.8) is 0 Å². The molecule has 0 saturated carbocycles. The molecule has 0 aliphatic heterocycles. The Morgan fingerprint density at radius 3 is 2.46 bits per heavy atom. The fraction of sp³-hybridized carbons (Fsp3) is 0.304. The zero-order valence-electron chi connectivity index (χ0n) is 16.9. The van der Waals surface area contributed by atoms with E-state index in [1.54, 1.807) is 6.20 Å². The van der Waals surface area contributed by atoms with Gasteiger partial charge in [0.25, 0.3) is 0 Å². The van der Waals surface area contributed by atoms with E-state index in [4.69, 9.17) is 0 Å². The predicted octanol–water partition coefficient (Wildman–Crippen LogP) is 5.03. The van der Waals surface area contributed by atoms with Crippen LogP contribution in [-0.4, -0.2) is 29.6 Å². The van der Waals surface area contributed by atoms with Gasteiger partial charge < -0.3 is 15.5 Å². The van der Waals surface area contributed by atoms with Crippen LogP contribution in [0.2, 0.25) is 0 Å². The summed E-state index contributed by atoms with van der Waals surface area (Å²) in [4.78, 5) is 11.3. The van der Waals surface area contributed by atoms with Crippen molar-refractivity contribution >= 4 is 23.1 Å². The fourth-order valence-electron chi connectivity index (χ4n) is 3.19. The standard InChI is InChI=1S/C23H29N5/c1-4-28(5-2)20-11-12-21(18(3)17-20)26-22-14-16-25-23(27-22)24-15-13-19-9-7-6-8-10-19/h6-12,14,16-17H,4-5,13,15H2,1-3H3,(H2,24,25,26,27). The van der Waals surface area contributed by atoms with Crippen molar-refractivity contribution in [2.24, 2.45) is 0 Å². The first-order valence-corrected chi connectivity index (χ1v) is 9.93. The van der Waals surface area contributed by atoms with E-state index in [1.165, 1.54) is 16.8 Å². The third-order valence-electron chi connectivity index (χ3n) is 4.80. The van der Waals surface area contributed by atoms with E-state index in [0.29, 0.717) is 5.95 Å². The average Bonchev–Trinajstić information content (AvgIpc) is 2.72. The van der Waals surface area contributed by atoms with Gasteiger partial charge in [-0.05, 0) is 62.6 Å². The van der Waals surface area contributed by atoms with E-state index in [-0.39, 0.29) is 0 Å². The highest BCUT2D eigenvalue weighted by molar-refractivity contribution is 5.65. The molecule has 3 rings (SSSR count). The molecule has 0 spiro atoms. The van der Waals surface area contributed by atoms with Gasteiger partial charge in [-0.1, -0.05) is 30.3 Å². The highest BCUT2D eigenvalue weighted by atomic mass is 15.1. The van der Waals surface area contributed by atoms with Crippen molar-refractivity contribution in [1.29, 1.82) is 0 Å². The number of hydrogen-bond acceptors (Lipinski definition) is 5. The van der Waals surface area contributed by atoms with Gasteiger partial charge in [-0.2, -0.15) is 4.98 Å². The van der Waals surface area contributed by atoms with Crippen LogP contribution in [0.5, 0.6) is 0 Å². The van der Waals surface area contributed by atoms with E-state index >= 15 is 0 Å². The Morgan fingerprint density at radius 1 is 0.964 bits per heavy atom. The highest BCUT2D eigenvalue weighted by Gasteiger charge is 2.06. The van der Waals surface area contributed by atoms with Gasteiger partial charge >= 0.3 is 0 Å². The number of nitrogens with zero attached hydrogens (tertiary/aromatic N) is 3. The molecule has 0 atom stereocenters. The summed E-state index contributed by atoms with van der Waals surface area (Å²) in [5.41, 5.74) is 4.80. The van der Waals surface area contributed by atoms with Gasteiger partial charge in [0.15, 0.2) is 0 Å². The molecule has 0 bridgehead atoms. The van der Waals surface area contributed by atoms with Gasteiger partial charge in [-0.15, -0.1) is 0 Å². The lowest BCUT2D eigenvalue weighted by atomic mass is 10.1. The zero-order valence-corrected chi connectivity index (χ0v) is 16.9. The van der Waals surface area contributed by atoms with Crippen LogP contribution >= 0.6 is 0 Å². The molecule has 5 nitrogen and oxygen atoms in total. The average molecular weight is 376 g/mol. The lowest BCUT2D eigenvalue weighted by Crippen LogP contribution is -2.21. The second-order valence-corrected chi connectivity index (χ2v) is 6.72. The highest BCUT2D eigenvalue weighted by Crippen LogP contribution is 2.25. The van der Waals surface area contributed by atoms with E-state index in [2.05, 4.69) is 88.7 Å². The predicted molar refractivity (Wildman–Crippen MR) is 119 cm³/mol. The number of benzene rings is 2. The number of nitrogens with one attached hydrogen (secondary N) is 2. The van der Waals surface area contributed by atoms with Crippen LogP contribution in [0.3, 0.4) is 0 Å². The van der Waals surface area contributed by atoms with Crippen LogP contribution in [0.4, 0.5) is 23.1 Å². The Kier molecular flexibility index (Phi) is 6.84. The van der Waals surface area contributed by atoms with Crippen molar-refractivity contribution in [3.8, 4) is 0 Å². The van der Waals surface area contributed by atoms with Crippen molar-refractivity contribution in [1.82, 2.24) is 9.97 Å². The largest absolute Gasteiger partial charge is 0.372 e. The van der Waals surface area contributed by atoms with E-state index < -0.39 is 0 Å². The molecule has 0 fully saturated rings. The van der Waals surface area contributed by atoms with Crippen LogP contribution in [0, 0.1) is 6.92 Å². The molecule has 0 radical (unpaired) electrons.